The van der Waals surface area contributed by atoms with Crippen molar-refractivity contribution in [1.29, 1.82) is 0 Å². The summed E-state index contributed by atoms with van der Waals surface area (Å²) in [6.45, 7) is 0.891. The summed E-state index contributed by atoms with van der Waals surface area (Å²) in [5, 5.41) is 12.4. The van der Waals surface area contributed by atoms with Gasteiger partial charge in [-0.15, -0.1) is 0 Å². The Balaban J connectivity index is 2.07. The first kappa shape index (κ1) is 15.5. The molecule has 1 aliphatic rings. The molecule has 1 aromatic heterocycles. The van der Waals surface area contributed by atoms with E-state index in [1.807, 2.05) is 0 Å². The molecule has 1 aliphatic heterocycles. The molecule has 8 heteroatoms. The average molecular weight is 325 g/mol. The van der Waals surface area contributed by atoms with E-state index in [0.717, 1.165) is 6.07 Å². The quantitative estimate of drug-likeness (QED) is 0.909. The predicted octanol–water partition coefficient (Wildman–Crippen LogP) is 2.29. The molecule has 2 N–H and O–H groups in total. The number of aromatic carboxylic acids is 1. The van der Waals surface area contributed by atoms with E-state index in [0.29, 0.717) is 30.9 Å². The molecule has 0 fully saturated rings. The lowest BCUT2D eigenvalue weighted by Crippen LogP contribution is -2.25. The Morgan fingerprint density at radius 1 is 1.35 bits per heavy atom. The molecule has 0 unspecified atom stereocenters. The number of carboxylic acid groups (broad SMARTS) is 1. The third kappa shape index (κ3) is 2.94. The molecule has 23 heavy (non-hydrogen) atoms. The van der Waals surface area contributed by atoms with Gasteiger partial charge in [0.25, 0.3) is 0 Å². The van der Waals surface area contributed by atoms with E-state index in [-0.39, 0.29) is 17.9 Å². The van der Waals surface area contributed by atoms with Crippen LogP contribution in [0.25, 0.3) is 0 Å². The van der Waals surface area contributed by atoms with Crippen LogP contribution in [0.5, 0.6) is 0 Å². The first-order valence-electron chi connectivity index (χ1n) is 7.05. The van der Waals surface area contributed by atoms with Crippen LogP contribution in [-0.2, 0) is 25.7 Å². The highest BCUT2D eigenvalue weighted by Crippen LogP contribution is 2.32. The number of hydrogen-bond donors (Lipinski definition) is 2. The summed E-state index contributed by atoms with van der Waals surface area (Å²) in [6.07, 6.45) is -3.95. The van der Waals surface area contributed by atoms with Gasteiger partial charge in [-0.2, -0.15) is 13.2 Å². The second kappa shape index (κ2) is 5.69. The van der Waals surface area contributed by atoms with E-state index in [2.05, 4.69) is 10.3 Å². The summed E-state index contributed by atoms with van der Waals surface area (Å²) >= 11 is 0. The largest absolute Gasteiger partial charge is 0.475 e. The Morgan fingerprint density at radius 3 is 2.78 bits per heavy atom. The standard InChI is InChI=1S/C15H14F3N3O2/c16-15(17,18)10-4-2-1-3-9(10)8-21-12-5-6-19-7-11(12)20-13(21)14(22)23/h1-4,19H,5-8H2,(H,22,23). The Labute approximate surface area is 129 Å². The van der Waals surface area contributed by atoms with E-state index < -0.39 is 17.7 Å². The van der Waals surface area contributed by atoms with Gasteiger partial charge in [0.15, 0.2) is 0 Å². The number of rotatable bonds is 3. The Hall–Kier alpha value is -2.35. The zero-order chi connectivity index (χ0) is 16.6. The maximum absolute atomic E-state index is 13.1. The normalized spacial score (nSPS) is 14.6. The van der Waals surface area contributed by atoms with Gasteiger partial charge in [0, 0.05) is 25.2 Å². The fourth-order valence-electron chi connectivity index (χ4n) is 2.81. The molecule has 1 aromatic carbocycles. The van der Waals surface area contributed by atoms with Crippen molar-refractivity contribution in [1.82, 2.24) is 14.9 Å². The van der Waals surface area contributed by atoms with Gasteiger partial charge >= 0.3 is 12.1 Å². The molecule has 0 radical (unpaired) electrons. The molecule has 0 saturated heterocycles. The van der Waals surface area contributed by atoms with Gasteiger partial charge in [-0.1, -0.05) is 18.2 Å². The Bertz CT molecular complexity index is 753. The summed E-state index contributed by atoms with van der Waals surface area (Å²) in [6, 6.07) is 5.19. The van der Waals surface area contributed by atoms with Crippen molar-refractivity contribution in [2.24, 2.45) is 0 Å². The first-order chi connectivity index (χ1) is 10.9. The molecule has 0 amide bonds. The summed E-state index contributed by atoms with van der Waals surface area (Å²) in [4.78, 5) is 15.4. The summed E-state index contributed by atoms with van der Waals surface area (Å²) in [7, 11) is 0. The van der Waals surface area contributed by atoms with Crippen LogP contribution in [-0.4, -0.2) is 27.2 Å². The predicted molar refractivity (Wildman–Crippen MR) is 75.1 cm³/mol. The number of nitrogens with zero attached hydrogens (tertiary/aromatic N) is 2. The Kier molecular flexibility index (Phi) is 3.85. The molecule has 0 aliphatic carbocycles. The number of imidazole rings is 1. The van der Waals surface area contributed by atoms with Crippen molar-refractivity contribution < 1.29 is 23.1 Å². The Morgan fingerprint density at radius 2 is 2.09 bits per heavy atom. The number of benzene rings is 1. The molecule has 5 nitrogen and oxygen atoms in total. The van der Waals surface area contributed by atoms with E-state index in [9.17, 15) is 23.1 Å². The number of nitrogens with one attached hydrogen (secondary N) is 1. The zero-order valence-electron chi connectivity index (χ0n) is 12.0. The lowest BCUT2D eigenvalue weighted by atomic mass is 10.1. The van der Waals surface area contributed by atoms with Crippen LogP contribution in [0.2, 0.25) is 0 Å². The number of halogens is 3. The molecule has 0 bridgehead atoms. The lowest BCUT2D eigenvalue weighted by Gasteiger charge is -2.18. The first-order valence-corrected chi connectivity index (χ1v) is 7.05. The van der Waals surface area contributed by atoms with E-state index in [1.54, 1.807) is 0 Å². The smallest absolute Gasteiger partial charge is 0.416 e. The fourth-order valence-corrected chi connectivity index (χ4v) is 2.81. The van der Waals surface area contributed by atoms with E-state index in [1.165, 1.54) is 22.8 Å². The molecule has 2 aromatic rings. The van der Waals surface area contributed by atoms with Crippen LogP contribution < -0.4 is 5.32 Å². The van der Waals surface area contributed by atoms with E-state index >= 15 is 0 Å². The number of carbonyl (C=O) groups is 1. The minimum absolute atomic E-state index is 0.0289. The van der Waals surface area contributed by atoms with Gasteiger partial charge in [-0.25, -0.2) is 9.78 Å². The van der Waals surface area contributed by atoms with Gasteiger partial charge in [0.05, 0.1) is 17.8 Å². The third-order valence-electron chi connectivity index (χ3n) is 3.83. The molecule has 0 atom stereocenters. The summed E-state index contributed by atoms with van der Waals surface area (Å²) in [5.41, 5.74) is 0.533. The van der Waals surface area contributed by atoms with Gasteiger partial charge in [-0.05, 0) is 11.6 Å². The molecular formula is C15H14F3N3O2. The van der Waals surface area contributed by atoms with Crippen molar-refractivity contribution >= 4 is 5.97 Å². The van der Waals surface area contributed by atoms with Crippen LogP contribution in [0.15, 0.2) is 24.3 Å². The highest BCUT2D eigenvalue weighted by atomic mass is 19.4. The number of hydrogen-bond acceptors (Lipinski definition) is 3. The van der Waals surface area contributed by atoms with Gasteiger partial charge in [0.2, 0.25) is 5.82 Å². The second-order valence-corrected chi connectivity index (χ2v) is 5.30. The number of carboxylic acids is 1. The molecule has 0 spiro atoms. The monoisotopic (exact) mass is 325 g/mol. The highest BCUT2D eigenvalue weighted by molar-refractivity contribution is 5.84. The second-order valence-electron chi connectivity index (χ2n) is 5.30. The fraction of sp³-hybridized carbons (Fsp3) is 0.333. The molecular weight excluding hydrogens is 311 g/mol. The van der Waals surface area contributed by atoms with Crippen molar-refractivity contribution in [3.05, 3.63) is 52.6 Å². The van der Waals surface area contributed by atoms with Crippen LogP contribution in [0.1, 0.15) is 33.1 Å². The van der Waals surface area contributed by atoms with Crippen molar-refractivity contribution in [3.8, 4) is 0 Å². The summed E-state index contributed by atoms with van der Waals surface area (Å²) in [5.74, 6) is -1.47. The zero-order valence-corrected chi connectivity index (χ0v) is 12.0. The van der Waals surface area contributed by atoms with Crippen LogP contribution >= 0.6 is 0 Å². The number of fused-ring (bicyclic) bond motifs is 1. The minimum Gasteiger partial charge on any atom is -0.475 e. The molecule has 2 heterocycles. The SMILES string of the molecule is O=C(O)c1nc2c(n1Cc1ccccc1C(F)(F)F)CCNC2. The van der Waals surface area contributed by atoms with Gasteiger partial charge in [0.1, 0.15) is 0 Å². The van der Waals surface area contributed by atoms with Crippen molar-refractivity contribution in [3.63, 3.8) is 0 Å². The number of aromatic nitrogens is 2. The maximum atomic E-state index is 13.1. The third-order valence-corrected chi connectivity index (χ3v) is 3.83. The van der Waals surface area contributed by atoms with Crippen molar-refractivity contribution in [2.45, 2.75) is 25.7 Å². The maximum Gasteiger partial charge on any atom is 0.416 e. The average Bonchev–Trinajstić information content (AvgIpc) is 2.86. The lowest BCUT2D eigenvalue weighted by molar-refractivity contribution is -0.138. The van der Waals surface area contributed by atoms with Crippen LogP contribution in [0.3, 0.4) is 0 Å². The molecule has 122 valence electrons. The molecule has 0 saturated carbocycles. The van der Waals surface area contributed by atoms with Gasteiger partial charge in [-0.3, -0.25) is 0 Å². The number of alkyl halides is 3. The van der Waals surface area contributed by atoms with E-state index in [4.69, 9.17) is 0 Å². The minimum atomic E-state index is -4.48. The highest BCUT2D eigenvalue weighted by Gasteiger charge is 2.33. The van der Waals surface area contributed by atoms with Crippen molar-refractivity contribution in [2.75, 3.05) is 6.54 Å². The van der Waals surface area contributed by atoms with Crippen LogP contribution in [0, 0.1) is 0 Å². The van der Waals surface area contributed by atoms with Crippen LogP contribution in [0.4, 0.5) is 13.2 Å². The van der Waals surface area contributed by atoms with Gasteiger partial charge < -0.3 is 15.0 Å². The molecule has 3 rings (SSSR count). The topological polar surface area (TPSA) is 67.1 Å². The summed E-state index contributed by atoms with van der Waals surface area (Å²) < 4.78 is 40.8.